The van der Waals surface area contributed by atoms with Gasteiger partial charge in [-0.3, -0.25) is 4.79 Å². The van der Waals surface area contributed by atoms with E-state index in [1.165, 1.54) is 28.7 Å². The van der Waals surface area contributed by atoms with Crippen LogP contribution in [0.4, 0.5) is 16.5 Å². The molecule has 0 bridgehead atoms. The Labute approximate surface area is 186 Å². The predicted octanol–water partition coefficient (Wildman–Crippen LogP) is 4.44. The summed E-state index contributed by atoms with van der Waals surface area (Å²) in [5.41, 5.74) is 5.10. The fraction of sp³-hybridized carbons (Fsp3) is 0.238. The first-order valence-corrected chi connectivity index (χ1v) is 11.5. The highest BCUT2D eigenvalue weighted by Gasteiger charge is 2.18. The second-order valence-electron chi connectivity index (χ2n) is 7.05. The Kier molecular flexibility index (Phi) is 6.10. The van der Waals surface area contributed by atoms with Crippen LogP contribution in [0.1, 0.15) is 25.0 Å². The van der Waals surface area contributed by atoms with E-state index in [0.717, 1.165) is 17.7 Å². The van der Waals surface area contributed by atoms with Gasteiger partial charge in [0.1, 0.15) is 0 Å². The highest BCUT2D eigenvalue weighted by Crippen LogP contribution is 2.32. The van der Waals surface area contributed by atoms with E-state index in [-0.39, 0.29) is 16.8 Å². The summed E-state index contributed by atoms with van der Waals surface area (Å²) >= 11 is 2.77. The lowest BCUT2D eigenvalue weighted by molar-refractivity contribution is -0.115. The third-order valence-corrected chi connectivity index (χ3v) is 6.83. The molecule has 1 amide bonds. The SMILES string of the molecule is CCc1cccc(C)c1Nc1nnc(SC(C)C(=O)Nc2ccc3[nH]c(=O)[nH]c3c2)s1. The number of nitrogens with one attached hydrogen (secondary N) is 4. The third kappa shape index (κ3) is 4.80. The van der Waals surface area contributed by atoms with E-state index in [1.807, 2.05) is 13.0 Å². The molecule has 4 N–H and O–H groups in total. The van der Waals surface area contributed by atoms with Gasteiger partial charge in [0.05, 0.1) is 16.3 Å². The van der Waals surface area contributed by atoms with Gasteiger partial charge in [0, 0.05) is 11.4 Å². The molecule has 160 valence electrons. The van der Waals surface area contributed by atoms with Gasteiger partial charge >= 0.3 is 5.69 Å². The molecule has 2 heterocycles. The van der Waals surface area contributed by atoms with Crippen molar-refractivity contribution in [3.05, 3.63) is 58.0 Å². The number of amides is 1. The number of anilines is 3. The lowest BCUT2D eigenvalue weighted by Crippen LogP contribution is -2.22. The molecule has 0 fully saturated rings. The van der Waals surface area contributed by atoms with Crippen molar-refractivity contribution in [1.82, 2.24) is 20.2 Å². The van der Waals surface area contributed by atoms with Gasteiger partial charge in [0.25, 0.3) is 0 Å². The van der Waals surface area contributed by atoms with Gasteiger partial charge in [-0.05, 0) is 49.6 Å². The quantitative estimate of drug-likeness (QED) is 0.307. The van der Waals surface area contributed by atoms with Crippen molar-refractivity contribution in [2.24, 2.45) is 0 Å². The van der Waals surface area contributed by atoms with Gasteiger partial charge in [0.2, 0.25) is 11.0 Å². The predicted molar refractivity (Wildman–Crippen MR) is 127 cm³/mol. The van der Waals surface area contributed by atoms with Crippen molar-refractivity contribution in [3.8, 4) is 0 Å². The van der Waals surface area contributed by atoms with E-state index in [1.54, 1.807) is 18.2 Å². The molecular weight excluding hydrogens is 432 g/mol. The van der Waals surface area contributed by atoms with Gasteiger partial charge < -0.3 is 20.6 Å². The smallest absolute Gasteiger partial charge is 0.323 e. The first kappa shape index (κ1) is 21.1. The molecule has 2 aromatic heterocycles. The number of para-hydroxylation sites is 1. The van der Waals surface area contributed by atoms with Gasteiger partial charge in [0.15, 0.2) is 4.34 Å². The van der Waals surface area contributed by atoms with Crippen LogP contribution in [0.25, 0.3) is 11.0 Å². The van der Waals surface area contributed by atoms with Gasteiger partial charge in [-0.2, -0.15) is 0 Å². The lowest BCUT2D eigenvalue weighted by atomic mass is 10.1. The van der Waals surface area contributed by atoms with Crippen molar-refractivity contribution in [1.29, 1.82) is 0 Å². The first-order valence-electron chi connectivity index (χ1n) is 9.81. The molecule has 1 unspecified atom stereocenters. The number of aromatic nitrogens is 4. The summed E-state index contributed by atoms with van der Waals surface area (Å²) in [5, 5.41) is 15.0. The van der Waals surface area contributed by atoms with E-state index in [9.17, 15) is 9.59 Å². The first-order chi connectivity index (χ1) is 14.9. The zero-order chi connectivity index (χ0) is 22.0. The van der Waals surface area contributed by atoms with Crippen molar-refractivity contribution in [2.45, 2.75) is 36.8 Å². The minimum Gasteiger partial charge on any atom is -0.330 e. The van der Waals surface area contributed by atoms with Crippen LogP contribution in [0.2, 0.25) is 0 Å². The number of carbonyl (C=O) groups excluding carboxylic acids is 1. The fourth-order valence-corrected chi connectivity index (χ4v) is 5.08. The van der Waals surface area contributed by atoms with Crippen LogP contribution in [0, 0.1) is 6.92 Å². The number of hydrogen-bond acceptors (Lipinski definition) is 7. The lowest BCUT2D eigenvalue weighted by Gasteiger charge is -2.11. The maximum atomic E-state index is 12.6. The minimum atomic E-state index is -0.369. The third-order valence-electron chi connectivity index (χ3n) is 4.81. The molecule has 4 rings (SSSR count). The largest absolute Gasteiger partial charge is 0.330 e. The molecule has 31 heavy (non-hydrogen) atoms. The van der Waals surface area contributed by atoms with Crippen LogP contribution < -0.4 is 16.3 Å². The van der Waals surface area contributed by atoms with Crippen LogP contribution in [-0.4, -0.2) is 31.3 Å². The Morgan fingerprint density at radius 2 is 2.00 bits per heavy atom. The Bertz CT molecular complexity index is 1290. The zero-order valence-electron chi connectivity index (χ0n) is 17.3. The number of fused-ring (bicyclic) bond motifs is 1. The van der Waals surface area contributed by atoms with Crippen LogP contribution in [0.5, 0.6) is 0 Å². The average molecular weight is 455 g/mol. The van der Waals surface area contributed by atoms with Crippen LogP contribution in [0.3, 0.4) is 0 Å². The number of benzene rings is 2. The van der Waals surface area contributed by atoms with Crippen molar-refractivity contribution >= 4 is 56.5 Å². The normalized spacial score (nSPS) is 12.1. The summed E-state index contributed by atoms with van der Waals surface area (Å²) in [6, 6.07) is 11.4. The van der Waals surface area contributed by atoms with Gasteiger partial charge in [-0.15, -0.1) is 10.2 Å². The summed E-state index contributed by atoms with van der Waals surface area (Å²) < 4.78 is 0.710. The Balaban J connectivity index is 1.40. The van der Waals surface area contributed by atoms with Crippen molar-refractivity contribution < 1.29 is 4.79 Å². The number of aryl methyl sites for hydroxylation is 2. The summed E-state index contributed by atoms with van der Waals surface area (Å²) in [5.74, 6) is -0.154. The number of hydrogen-bond donors (Lipinski definition) is 4. The number of carbonyl (C=O) groups is 1. The number of nitrogens with zero attached hydrogens (tertiary/aromatic N) is 2. The van der Waals surface area contributed by atoms with E-state index in [2.05, 4.69) is 56.8 Å². The molecule has 0 saturated heterocycles. The monoisotopic (exact) mass is 454 g/mol. The Hall–Kier alpha value is -3.11. The number of aromatic amines is 2. The fourth-order valence-electron chi connectivity index (χ4n) is 3.18. The molecule has 0 spiro atoms. The van der Waals surface area contributed by atoms with Crippen LogP contribution in [0.15, 0.2) is 45.5 Å². The molecule has 1 atom stereocenters. The zero-order valence-corrected chi connectivity index (χ0v) is 18.9. The number of thioether (sulfide) groups is 1. The van der Waals surface area contributed by atoms with Crippen LogP contribution in [-0.2, 0) is 11.2 Å². The Morgan fingerprint density at radius 3 is 2.81 bits per heavy atom. The molecule has 0 radical (unpaired) electrons. The molecular formula is C21H22N6O2S2. The molecule has 0 aliphatic heterocycles. The molecule has 0 saturated carbocycles. The average Bonchev–Trinajstić information content (AvgIpc) is 3.34. The molecule has 0 aliphatic rings. The van der Waals surface area contributed by atoms with E-state index in [0.29, 0.717) is 26.2 Å². The number of H-pyrrole nitrogens is 2. The minimum absolute atomic E-state index is 0.154. The molecule has 2 aromatic carbocycles. The second-order valence-corrected chi connectivity index (χ2v) is 9.61. The van der Waals surface area contributed by atoms with E-state index >= 15 is 0 Å². The molecule has 10 heteroatoms. The number of imidazole rings is 1. The van der Waals surface area contributed by atoms with Gasteiger partial charge in [-0.1, -0.05) is 48.2 Å². The molecule has 0 aliphatic carbocycles. The maximum absolute atomic E-state index is 12.6. The second kappa shape index (κ2) is 8.94. The highest BCUT2D eigenvalue weighted by atomic mass is 32.2. The summed E-state index contributed by atoms with van der Waals surface area (Å²) in [6.45, 7) is 6.00. The van der Waals surface area contributed by atoms with Gasteiger partial charge in [-0.25, -0.2) is 4.79 Å². The standard InChI is InChI=1S/C21H22N6O2S2/c1-4-13-7-5-6-11(2)17(13)25-20-26-27-21(31-20)30-12(3)18(28)22-14-8-9-15-16(10-14)24-19(29)23-15/h5-10,12H,4H2,1-3H3,(H,22,28)(H,25,26)(H2,23,24,29). The number of rotatable bonds is 7. The summed E-state index contributed by atoms with van der Waals surface area (Å²) in [4.78, 5) is 29.4. The molecule has 8 nitrogen and oxygen atoms in total. The van der Waals surface area contributed by atoms with Crippen LogP contribution >= 0.6 is 23.1 Å². The van der Waals surface area contributed by atoms with E-state index in [4.69, 9.17) is 0 Å². The van der Waals surface area contributed by atoms with E-state index < -0.39 is 0 Å². The topological polar surface area (TPSA) is 116 Å². The summed E-state index contributed by atoms with van der Waals surface area (Å²) in [7, 11) is 0. The Morgan fingerprint density at radius 1 is 1.19 bits per heavy atom. The van der Waals surface area contributed by atoms with Crippen molar-refractivity contribution in [2.75, 3.05) is 10.6 Å². The summed E-state index contributed by atoms with van der Waals surface area (Å²) in [6.07, 6.45) is 0.921. The molecule has 4 aromatic rings. The van der Waals surface area contributed by atoms with Crippen molar-refractivity contribution in [3.63, 3.8) is 0 Å². The maximum Gasteiger partial charge on any atom is 0.323 e. The highest BCUT2D eigenvalue weighted by molar-refractivity contribution is 8.02.